The van der Waals surface area contributed by atoms with Crippen molar-refractivity contribution in [1.29, 1.82) is 0 Å². The zero-order chi connectivity index (χ0) is 22.7. The molecule has 176 valence electrons. The number of nitrogens with zero attached hydrogens (tertiary/aromatic N) is 3. The third-order valence-corrected chi connectivity index (χ3v) is 6.60. The van der Waals surface area contributed by atoms with Gasteiger partial charge in [0, 0.05) is 32.7 Å². The Morgan fingerprint density at radius 1 is 1.12 bits per heavy atom. The molecule has 32 heavy (non-hydrogen) atoms. The normalized spacial score (nSPS) is 29.7. The van der Waals surface area contributed by atoms with E-state index in [1.165, 1.54) is 23.1 Å². The van der Waals surface area contributed by atoms with Crippen molar-refractivity contribution < 1.29 is 28.6 Å². The number of fused-ring (bicyclic) bond motifs is 1. The quantitative estimate of drug-likeness (QED) is 0.733. The highest BCUT2D eigenvalue weighted by molar-refractivity contribution is 5.94. The third kappa shape index (κ3) is 5.28. The number of hydrogen-bond acceptors (Lipinski definition) is 6. The molecule has 0 aromatic heterocycles. The van der Waals surface area contributed by atoms with E-state index >= 15 is 0 Å². The summed E-state index contributed by atoms with van der Waals surface area (Å²) in [6, 6.07) is 5.51. The highest BCUT2D eigenvalue weighted by atomic mass is 19.1. The van der Waals surface area contributed by atoms with Gasteiger partial charge in [0.1, 0.15) is 11.9 Å². The number of benzene rings is 1. The molecule has 3 saturated heterocycles. The third-order valence-electron chi connectivity index (χ3n) is 6.60. The van der Waals surface area contributed by atoms with Gasteiger partial charge in [0.05, 0.1) is 43.4 Å². The smallest absolute Gasteiger partial charge is 0.257 e. The van der Waals surface area contributed by atoms with Gasteiger partial charge in [-0.3, -0.25) is 9.59 Å². The van der Waals surface area contributed by atoms with Gasteiger partial charge in [0.25, 0.3) is 5.91 Å². The lowest BCUT2D eigenvalue weighted by Crippen LogP contribution is -2.57. The molecule has 0 unspecified atom stereocenters. The van der Waals surface area contributed by atoms with Gasteiger partial charge in [-0.25, -0.2) is 4.39 Å². The topological polar surface area (TPSA) is 82.6 Å². The van der Waals surface area contributed by atoms with E-state index in [1.807, 2.05) is 11.9 Å². The van der Waals surface area contributed by atoms with Gasteiger partial charge >= 0.3 is 0 Å². The van der Waals surface area contributed by atoms with Crippen LogP contribution in [0.2, 0.25) is 0 Å². The zero-order valence-corrected chi connectivity index (χ0v) is 18.5. The molecule has 3 fully saturated rings. The molecular weight excluding hydrogens is 417 g/mol. The Labute approximate surface area is 187 Å². The molecule has 0 saturated carbocycles. The molecule has 8 nitrogen and oxygen atoms in total. The number of hydrogen-bond donors (Lipinski definition) is 1. The number of aliphatic hydroxyl groups excluding tert-OH is 1. The van der Waals surface area contributed by atoms with E-state index in [0.717, 1.165) is 26.2 Å². The van der Waals surface area contributed by atoms with Crippen LogP contribution in [0.5, 0.6) is 0 Å². The second-order valence-electron chi connectivity index (χ2n) is 8.96. The van der Waals surface area contributed by atoms with Gasteiger partial charge in [-0.05, 0) is 32.0 Å². The average molecular weight is 450 g/mol. The number of ether oxygens (including phenoxy) is 2. The van der Waals surface area contributed by atoms with E-state index in [9.17, 15) is 19.1 Å². The molecule has 3 heterocycles. The summed E-state index contributed by atoms with van der Waals surface area (Å²) in [5, 5.41) is 10.3. The summed E-state index contributed by atoms with van der Waals surface area (Å²) in [4.78, 5) is 31.6. The fraction of sp³-hybridized carbons (Fsp3) is 0.652. The van der Waals surface area contributed by atoms with E-state index in [-0.39, 0.29) is 43.4 Å². The van der Waals surface area contributed by atoms with Crippen LogP contribution in [0.25, 0.3) is 0 Å². The average Bonchev–Trinajstić information content (AvgIpc) is 2.77. The summed E-state index contributed by atoms with van der Waals surface area (Å²) < 4.78 is 26.1. The number of carbonyl (C=O) groups excluding carboxylic acids is 2. The number of aliphatic hydroxyl groups is 1. The number of piperazine rings is 1. The highest BCUT2D eigenvalue weighted by Crippen LogP contribution is 2.29. The molecule has 0 bridgehead atoms. The Bertz CT molecular complexity index is 817. The second-order valence-corrected chi connectivity index (χ2v) is 8.96. The molecule has 4 rings (SSSR count). The fourth-order valence-corrected chi connectivity index (χ4v) is 4.74. The van der Waals surface area contributed by atoms with Gasteiger partial charge < -0.3 is 29.3 Å². The SMILES string of the molecule is CN1CCN(C(=O)C[C@@H]2CC[C@H]3[C@@H](COC[C@H](O)CN3C(=O)c3ccccc3F)O2)CC1. The summed E-state index contributed by atoms with van der Waals surface area (Å²) in [6.45, 7) is 3.50. The maximum absolute atomic E-state index is 14.3. The molecule has 3 aliphatic heterocycles. The van der Waals surface area contributed by atoms with Crippen LogP contribution < -0.4 is 0 Å². The summed E-state index contributed by atoms with van der Waals surface area (Å²) >= 11 is 0. The van der Waals surface area contributed by atoms with Crippen molar-refractivity contribution in [3.05, 3.63) is 35.6 Å². The summed E-state index contributed by atoms with van der Waals surface area (Å²) in [6.07, 6.45) is -0.0294. The van der Waals surface area contributed by atoms with Crippen molar-refractivity contribution in [3.8, 4) is 0 Å². The van der Waals surface area contributed by atoms with Gasteiger partial charge in [0.15, 0.2) is 0 Å². The van der Waals surface area contributed by atoms with E-state index in [1.54, 1.807) is 6.07 Å². The van der Waals surface area contributed by atoms with Crippen LogP contribution in [0.15, 0.2) is 24.3 Å². The summed E-state index contributed by atoms with van der Waals surface area (Å²) in [5.74, 6) is -0.966. The van der Waals surface area contributed by atoms with Gasteiger partial charge in [0.2, 0.25) is 5.91 Å². The van der Waals surface area contributed by atoms with E-state index in [0.29, 0.717) is 19.3 Å². The molecule has 9 heteroatoms. The fourth-order valence-electron chi connectivity index (χ4n) is 4.74. The predicted molar refractivity (Wildman–Crippen MR) is 115 cm³/mol. The van der Waals surface area contributed by atoms with Crippen LogP contribution in [0.1, 0.15) is 29.6 Å². The Balaban J connectivity index is 1.44. The van der Waals surface area contributed by atoms with Crippen molar-refractivity contribution in [2.24, 2.45) is 0 Å². The lowest BCUT2D eigenvalue weighted by atomic mass is 9.94. The highest BCUT2D eigenvalue weighted by Gasteiger charge is 2.41. The van der Waals surface area contributed by atoms with Gasteiger partial charge in [-0.1, -0.05) is 12.1 Å². The first-order valence-electron chi connectivity index (χ1n) is 11.4. The Kier molecular flexibility index (Phi) is 7.40. The number of amides is 2. The van der Waals surface area contributed by atoms with Crippen molar-refractivity contribution in [3.63, 3.8) is 0 Å². The molecule has 4 atom stereocenters. The van der Waals surface area contributed by atoms with Crippen molar-refractivity contribution in [2.75, 3.05) is 53.0 Å². The monoisotopic (exact) mass is 449 g/mol. The molecule has 0 aliphatic carbocycles. The minimum atomic E-state index is -0.858. The lowest BCUT2D eigenvalue weighted by Gasteiger charge is -2.44. The number of halogens is 1. The lowest BCUT2D eigenvalue weighted by molar-refractivity contribution is -0.155. The summed E-state index contributed by atoms with van der Waals surface area (Å²) in [7, 11) is 2.05. The van der Waals surface area contributed by atoms with E-state index < -0.39 is 23.9 Å². The Morgan fingerprint density at radius 2 is 1.88 bits per heavy atom. The minimum absolute atomic E-state index is 0.0210. The molecule has 0 spiro atoms. The van der Waals surface area contributed by atoms with Crippen molar-refractivity contribution >= 4 is 11.8 Å². The number of rotatable bonds is 3. The van der Waals surface area contributed by atoms with Crippen LogP contribution >= 0.6 is 0 Å². The van der Waals surface area contributed by atoms with Crippen LogP contribution in [-0.4, -0.2) is 109 Å². The molecular formula is C23H32FN3O5. The first-order chi connectivity index (χ1) is 15.4. The Morgan fingerprint density at radius 3 is 2.62 bits per heavy atom. The molecule has 0 radical (unpaired) electrons. The molecule has 1 N–H and O–H groups in total. The predicted octanol–water partition coefficient (Wildman–Crippen LogP) is 0.739. The first kappa shape index (κ1) is 23.1. The zero-order valence-electron chi connectivity index (χ0n) is 18.5. The first-order valence-corrected chi connectivity index (χ1v) is 11.4. The molecule has 3 aliphatic rings. The van der Waals surface area contributed by atoms with Crippen LogP contribution in [0.4, 0.5) is 4.39 Å². The number of likely N-dealkylation sites (N-methyl/N-ethyl adjacent to an activating group) is 1. The largest absolute Gasteiger partial charge is 0.389 e. The Hall–Kier alpha value is -2.07. The van der Waals surface area contributed by atoms with E-state index in [4.69, 9.17) is 9.47 Å². The standard InChI is InChI=1S/C23H32FN3O5/c1-25-8-10-26(11-9-25)22(29)12-17-6-7-20-21(32-17)15-31-14-16(28)13-27(20)23(30)18-4-2-3-5-19(18)24/h2-5,16-17,20-21,28H,6-15H2,1H3/t16-,17+,20+,21-/m1/s1. The number of β-amino-alcohol motifs (C(OH)–C–C–N with tert-alkyl or cyclic N) is 1. The van der Waals surface area contributed by atoms with Crippen LogP contribution in [-0.2, 0) is 14.3 Å². The van der Waals surface area contributed by atoms with Gasteiger partial charge in [-0.2, -0.15) is 0 Å². The maximum atomic E-state index is 14.3. The minimum Gasteiger partial charge on any atom is -0.389 e. The summed E-state index contributed by atoms with van der Waals surface area (Å²) in [5.41, 5.74) is -0.0210. The molecule has 1 aromatic rings. The van der Waals surface area contributed by atoms with Crippen molar-refractivity contribution in [1.82, 2.24) is 14.7 Å². The number of carbonyl (C=O) groups is 2. The molecule has 2 amide bonds. The van der Waals surface area contributed by atoms with Gasteiger partial charge in [-0.15, -0.1) is 0 Å². The van der Waals surface area contributed by atoms with Crippen LogP contribution in [0.3, 0.4) is 0 Å². The van der Waals surface area contributed by atoms with Crippen LogP contribution in [0, 0.1) is 5.82 Å². The second kappa shape index (κ2) is 10.2. The maximum Gasteiger partial charge on any atom is 0.257 e. The van der Waals surface area contributed by atoms with E-state index in [2.05, 4.69) is 4.90 Å². The van der Waals surface area contributed by atoms with Crippen molar-refractivity contribution in [2.45, 2.75) is 43.6 Å². The molecule has 1 aromatic carbocycles.